The molecule has 0 spiro atoms. The molecule has 1 aromatic heterocycles. The standard InChI is InChI=1S/C22H20BrFN2O3/c1-13-4-6-16(24)11-19(13)26-22-18(21(27)25-12-17-3-2-8-28-17)10-14-9-15(23)5-7-20(14)29-22/h4-7,9-11,17H,2-3,8,12H2,1H3,(H,25,27)/t17-/m0/s1. The minimum Gasteiger partial charge on any atom is -0.438 e. The highest BCUT2D eigenvalue weighted by Crippen LogP contribution is 2.22. The second-order valence-electron chi connectivity index (χ2n) is 7.04. The lowest BCUT2D eigenvalue weighted by atomic mass is 10.1. The molecule has 2 aromatic carbocycles. The van der Waals surface area contributed by atoms with E-state index in [1.165, 1.54) is 12.1 Å². The van der Waals surface area contributed by atoms with E-state index in [9.17, 15) is 9.18 Å². The summed E-state index contributed by atoms with van der Waals surface area (Å²) in [5.74, 6) is -0.706. The maximum atomic E-state index is 13.7. The highest BCUT2D eigenvalue weighted by molar-refractivity contribution is 9.10. The van der Waals surface area contributed by atoms with E-state index in [0.717, 1.165) is 34.9 Å². The molecule has 0 radical (unpaired) electrons. The van der Waals surface area contributed by atoms with Gasteiger partial charge in [0, 0.05) is 23.0 Å². The number of carbonyl (C=O) groups excluding carboxylic acids is 1. The zero-order valence-electron chi connectivity index (χ0n) is 15.9. The zero-order chi connectivity index (χ0) is 20.4. The van der Waals surface area contributed by atoms with Crippen LogP contribution < -0.4 is 10.9 Å². The predicted molar refractivity (Wildman–Crippen MR) is 112 cm³/mol. The number of amides is 1. The van der Waals surface area contributed by atoms with Gasteiger partial charge in [-0.1, -0.05) is 22.0 Å². The summed E-state index contributed by atoms with van der Waals surface area (Å²) in [7, 11) is 0. The Hall–Kier alpha value is -2.51. The summed E-state index contributed by atoms with van der Waals surface area (Å²) in [5.41, 5.74) is 2.20. The molecule has 2 heterocycles. The molecule has 0 saturated carbocycles. The number of carbonyl (C=O) groups is 1. The van der Waals surface area contributed by atoms with Crippen LogP contribution in [0.4, 0.5) is 10.1 Å². The quantitative estimate of drug-likeness (QED) is 0.611. The number of ether oxygens (including phenoxy) is 1. The summed E-state index contributed by atoms with van der Waals surface area (Å²) in [4.78, 5) is 17.4. The second kappa shape index (κ2) is 8.47. The summed E-state index contributed by atoms with van der Waals surface area (Å²) >= 11 is 3.44. The molecule has 1 amide bonds. The maximum absolute atomic E-state index is 13.7. The van der Waals surface area contributed by atoms with Crippen molar-refractivity contribution in [3.05, 3.63) is 69.4 Å². The molecular weight excluding hydrogens is 439 g/mol. The van der Waals surface area contributed by atoms with Crippen molar-refractivity contribution >= 4 is 38.5 Å². The van der Waals surface area contributed by atoms with Crippen LogP contribution in [0.25, 0.3) is 11.0 Å². The van der Waals surface area contributed by atoms with Crippen molar-refractivity contribution < 1.29 is 18.3 Å². The largest absolute Gasteiger partial charge is 0.438 e. The molecular formula is C22H20BrFN2O3. The van der Waals surface area contributed by atoms with Gasteiger partial charge in [-0.3, -0.25) is 4.79 Å². The molecule has 0 aliphatic carbocycles. The number of halogens is 2. The second-order valence-corrected chi connectivity index (χ2v) is 7.95. The summed E-state index contributed by atoms with van der Waals surface area (Å²) in [6.07, 6.45) is 1.95. The fourth-order valence-electron chi connectivity index (χ4n) is 3.27. The first-order chi connectivity index (χ1) is 14.0. The SMILES string of the molecule is Cc1ccc(F)cc1N=c1oc2ccc(Br)cc2cc1C(=O)NC[C@@H]1CCCO1. The lowest BCUT2D eigenvalue weighted by molar-refractivity contribution is 0.0854. The topological polar surface area (TPSA) is 63.8 Å². The van der Waals surface area contributed by atoms with E-state index in [0.29, 0.717) is 17.8 Å². The van der Waals surface area contributed by atoms with Crippen LogP contribution in [0.5, 0.6) is 0 Å². The Balaban J connectivity index is 1.79. The van der Waals surface area contributed by atoms with Gasteiger partial charge < -0.3 is 14.5 Å². The van der Waals surface area contributed by atoms with Crippen LogP contribution in [-0.2, 0) is 4.74 Å². The fourth-order valence-corrected chi connectivity index (χ4v) is 3.65. The molecule has 0 bridgehead atoms. The Morgan fingerprint density at radius 1 is 1.28 bits per heavy atom. The normalized spacial score (nSPS) is 17.1. The number of hydrogen-bond donors (Lipinski definition) is 1. The Kier molecular flexibility index (Phi) is 5.78. The zero-order valence-corrected chi connectivity index (χ0v) is 17.5. The molecule has 7 heteroatoms. The molecule has 1 atom stereocenters. The van der Waals surface area contributed by atoms with Gasteiger partial charge in [-0.05, 0) is 61.7 Å². The Morgan fingerprint density at radius 3 is 2.93 bits per heavy atom. The molecule has 1 N–H and O–H groups in total. The number of hydrogen-bond acceptors (Lipinski definition) is 4. The predicted octanol–water partition coefficient (Wildman–Crippen LogP) is 4.78. The molecule has 150 valence electrons. The third-order valence-electron chi connectivity index (χ3n) is 4.86. The van der Waals surface area contributed by atoms with Crippen LogP contribution in [0.15, 0.2) is 56.3 Å². The first-order valence-electron chi connectivity index (χ1n) is 9.44. The van der Waals surface area contributed by atoms with Crippen LogP contribution in [-0.4, -0.2) is 25.2 Å². The lowest BCUT2D eigenvalue weighted by Gasteiger charge is -2.11. The molecule has 4 rings (SSSR count). The van der Waals surface area contributed by atoms with E-state index in [1.54, 1.807) is 18.2 Å². The van der Waals surface area contributed by atoms with Gasteiger partial charge in [-0.15, -0.1) is 0 Å². The number of nitrogens with zero attached hydrogens (tertiary/aromatic N) is 1. The highest BCUT2D eigenvalue weighted by atomic mass is 79.9. The van der Waals surface area contributed by atoms with E-state index in [4.69, 9.17) is 9.15 Å². The molecule has 1 aliphatic heterocycles. The first-order valence-corrected chi connectivity index (χ1v) is 10.2. The minimum atomic E-state index is -0.400. The first kappa shape index (κ1) is 19.8. The smallest absolute Gasteiger partial charge is 0.256 e. The Labute approximate surface area is 175 Å². The van der Waals surface area contributed by atoms with E-state index in [2.05, 4.69) is 26.2 Å². The average Bonchev–Trinajstić information content (AvgIpc) is 3.22. The van der Waals surface area contributed by atoms with E-state index in [-0.39, 0.29) is 23.1 Å². The number of rotatable bonds is 4. The maximum Gasteiger partial charge on any atom is 0.256 e. The van der Waals surface area contributed by atoms with Crippen molar-refractivity contribution in [1.82, 2.24) is 5.32 Å². The van der Waals surface area contributed by atoms with Crippen molar-refractivity contribution in [2.75, 3.05) is 13.2 Å². The van der Waals surface area contributed by atoms with Crippen molar-refractivity contribution in [1.29, 1.82) is 0 Å². The van der Waals surface area contributed by atoms with Gasteiger partial charge in [0.1, 0.15) is 17.0 Å². The summed E-state index contributed by atoms with van der Waals surface area (Å²) in [6, 6.07) is 11.6. The average molecular weight is 459 g/mol. The van der Waals surface area contributed by atoms with Crippen LogP contribution in [0.2, 0.25) is 0 Å². The Morgan fingerprint density at radius 2 is 2.14 bits per heavy atom. The van der Waals surface area contributed by atoms with Crippen molar-refractivity contribution in [2.24, 2.45) is 4.99 Å². The molecule has 5 nitrogen and oxygen atoms in total. The lowest BCUT2D eigenvalue weighted by Crippen LogP contribution is -2.34. The summed E-state index contributed by atoms with van der Waals surface area (Å²) in [5, 5.41) is 3.66. The van der Waals surface area contributed by atoms with Gasteiger partial charge in [-0.25, -0.2) is 9.38 Å². The van der Waals surface area contributed by atoms with Gasteiger partial charge in [0.15, 0.2) is 0 Å². The van der Waals surface area contributed by atoms with E-state index < -0.39 is 5.82 Å². The van der Waals surface area contributed by atoms with Gasteiger partial charge in [0.2, 0.25) is 5.55 Å². The van der Waals surface area contributed by atoms with Gasteiger partial charge in [-0.2, -0.15) is 0 Å². The molecule has 1 saturated heterocycles. The van der Waals surface area contributed by atoms with E-state index >= 15 is 0 Å². The van der Waals surface area contributed by atoms with Gasteiger partial charge in [0.05, 0.1) is 11.8 Å². The number of nitrogens with one attached hydrogen (secondary N) is 1. The molecule has 29 heavy (non-hydrogen) atoms. The third kappa shape index (κ3) is 4.57. The van der Waals surface area contributed by atoms with Crippen molar-refractivity contribution in [3.8, 4) is 0 Å². The van der Waals surface area contributed by atoms with Crippen LogP contribution >= 0.6 is 15.9 Å². The van der Waals surface area contributed by atoms with Gasteiger partial charge >= 0.3 is 0 Å². The molecule has 1 aliphatic rings. The molecule has 3 aromatic rings. The Bertz CT molecular complexity index is 1140. The van der Waals surface area contributed by atoms with Crippen LogP contribution in [0, 0.1) is 12.7 Å². The third-order valence-corrected chi connectivity index (χ3v) is 5.35. The van der Waals surface area contributed by atoms with Gasteiger partial charge in [0.25, 0.3) is 5.91 Å². The van der Waals surface area contributed by atoms with Crippen LogP contribution in [0.3, 0.4) is 0 Å². The fraction of sp³-hybridized carbons (Fsp3) is 0.273. The molecule has 1 fully saturated rings. The highest BCUT2D eigenvalue weighted by Gasteiger charge is 2.19. The number of benzene rings is 2. The van der Waals surface area contributed by atoms with Crippen molar-refractivity contribution in [2.45, 2.75) is 25.9 Å². The molecule has 0 unspecified atom stereocenters. The summed E-state index contributed by atoms with van der Waals surface area (Å²) < 4.78 is 26.1. The van der Waals surface area contributed by atoms with E-state index in [1.807, 2.05) is 19.1 Å². The minimum absolute atomic E-state index is 0.0244. The summed E-state index contributed by atoms with van der Waals surface area (Å²) in [6.45, 7) is 2.97. The van der Waals surface area contributed by atoms with Crippen LogP contribution in [0.1, 0.15) is 28.8 Å². The van der Waals surface area contributed by atoms with Crippen molar-refractivity contribution in [3.63, 3.8) is 0 Å². The monoisotopic (exact) mass is 458 g/mol. The number of fused-ring (bicyclic) bond motifs is 1. The number of aryl methyl sites for hydroxylation is 1.